The molecule has 0 amide bonds. The molecule has 12 heavy (non-hydrogen) atoms. The van der Waals surface area contributed by atoms with E-state index in [1.165, 1.54) is 4.90 Å². The van der Waals surface area contributed by atoms with Crippen molar-refractivity contribution in [2.24, 2.45) is 0 Å². The van der Waals surface area contributed by atoms with Crippen molar-refractivity contribution < 1.29 is 0 Å². The lowest BCUT2D eigenvalue weighted by atomic mass is 10.2. The van der Waals surface area contributed by atoms with Gasteiger partial charge in [0, 0.05) is 9.64 Å². The molecule has 1 aromatic carbocycles. The van der Waals surface area contributed by atoms with E-state index in [2.05, 4.69) is 44.7 Å². The molecule has 0 radical (unpaired) electrons. The summed E-state index contributed by atoms with van der Waals surface area (Å²) in [6, 6.07) is 10.4. The maximum absolute atomic E-state index is 3.81. The molecular weight excluding hydrogens is 164 g/mol. The van der Waals surface area contributed by atoms with Crippen molar-refractivity contribution >= 4 is 11.8 Å². The third kappa shape index (κ3) is 2.74. The van der Waals surface area contributed by atoms with Crippen molar-refractivity contribution in [2.45, 2.75) is 23.5 Å². The van der Waals surface area contributed by atoms with Gasteiger partial charge in [-0.1, -0.05) is 24.3 Å². The fourth-order valence-corrected chi connectivity index (χ4v) is 1.82. The van der Waals surface area contributed by atoms with Gasteiger partial charge in [-0.25, -0.2) is 0 Å². The monoisotopic (exact) mass is 178 g/mol. The van der Waals surface area contributed by atoms with Gasteiger partial charge in [-0.05, 0) is 26.0 Å². The summed E-state index contributed by atoms with van der Waals surface area (Å²) < 4.78 is 0.126. The zero-order valence-electron chi connectivity index (χ0n) is 7.58. The summed E-state index contributed by atoms with van der Waals surface area (Å²) in [6.45, 7) is 8.14. The Morgan fingerprint density at radius 3 is 2.33 bits per heavy atom. The van der Waals surface area contributed by atoms with Crippen LogP contribution in [-0.2, 0) is 0 Å². The van der Waals surface area contributed by atoms with E-state index in [1.807, 2.05) is 23.9 Å². The molecule has 0 heterocycles. The van der Waals surface area contributed by atoms with Gasteiger partial charge in [-0.15, -0.1) is 18.3 Å². The standard InChI is InChI=1S/C11H14S/c1-4-11(2,3)12-10-8-6-5-7-9-10/h4-9H,1H2,2-3H3. The molecule has 1 heteroatoms. The highest BCUT2D eigenvalue weighted by Gasteiger charge is 2.13. The van der Waals surface area contributed by atoms with E-state index in [1.54, 1.807) is 0 Å². The molecule has 0 saturated heterocycles. The second kappa shape index (κ2) is 3.81. The normalized spacial score (nSPS) is 11.2. The Hall–Kier alpha value is -0.690. The Balaban J connectivity index is 2.70. The molecule has 0 fully saturated rings. The highest BCUT2D eigenvalue weighted by molar-refractivity contribution is 8.00. The van der Waals surface area contributed by atoms with E-state index in [0.29, 0.717) is 0 Å². The summed E-state index contributed by atoms with van der Waals surface area (Å²) in [4.78, 5) is 1.29. The molecule has 0 aliphatic carbocycles. The van der Waals surface area contributed by atoms with E-state index in [4.69, 9.17) is 0 Å². The average molecular weight is 178 g/mol. The number of benzene rings is 1. The van der Waals surface area contributed by atoms with Gasteiger partial charge in [0.2, 0.25) is 0 Å². The summed E-state index contributed by atoms with van der Waals surface area (Å²) >= 11 is 1.83. The number of hydrogen-bond donors (Lipinski definition) is 0. The van der Waals surface area contributed by atoms with Gasteiger partial charge in [0.25, 0.3) is 0 Å². The molecule has 64 valence electrons. The second-order valence-electron chi connectivity index (χ2n) is 3.22. The minimum absolute atomic E-state index is 0.126. The maximum atomic E-state index is 3.81. The van der Waals surface area contributed by atoms with Crippen LogP contribution in [0.5, 0.6) is 0 Å². The Morgan fingerprint density at radius 2 is 1.83 bits per heavy atom. The molecule has 0 nitrogen and oxygen atoms in total. The van der Waals surface area contributed by atoms with Crippen LogP contribution in [-0.4, -0.2) is 4.75 Å². The van der Waals surface area contributed by atoms with Gasteiger partial charge >= 0.3 is 0 Å². The lowest BCUT2D eigenvalue weighted by molar-refractivity contribution is 0.900. The zero-order valence-corrected chi connectivity index (χ0v) is 8.40. The van der Waals surface area contributed by atoms with Crippen molar-refractivity contribution in [2.75, 3.05) is 0 Å². The number of hydrogen-bond acceptors (Lipinski definition) is 1. The molecule has 0 aliphatic heterocycles. The molecular formula is C11H14S. The van der Waals surface area contributed by atoms with Crippen LogP contribution in [0.15, 0.2) is 47.9 Å². The van der Waals surface area contributed by atoms with E-state index < -0.39 is 0 Å². The predicted octanol–water partition coefficient (Wildman–Crippen LogP) is 3.74. The zero-order chi connectivity index (χ0) is 9.03. The Labute approximate surface area is 78.7 Å². The summed E-state index contributed by atoms with van der Waals surface area (Å²) in [7, 11) is 0. The van der Waals surface area contributed by atoms with Gasteiger partial charge in [0.1, 0.15) is 0 Å². The smallest absolute Gasteiger partial charge is 0.0327 e. The first-order valence-electron chi connectivity index (χ1n) is 4.02. The largest absolute Gasteiger partial charge is 0.116 e. The van der Waals surface area contributed by atoms with Crippen molar-refractivity contribution in [3.63, 3.8) is 0 Å². The molecule has 1 aromatic rings. The third-order valence-electron chi connectivity index (χ3n) is 1.62. The maximum Gasteiger partial charge on any atom is 0.0327 e. The lowest BCUT2D eigenvalue weighted by Gasteiger charge is -2.18. The van der Waals surface area contributed by atoms with E-state index in [-0.39, 0.29) is 4.75 Å². The van der Waals surface area contributed by atoms with E-state index in [9.17, 15) is 0 Å². The minimum atomic E-state index is 0.126. The van der Waals surface area contributed by atoms with Crippen LogP contribution in [0.3, 0.4) is 0 Å². The molecule has 0 unspecified atom stereocenters. The minimum Gasteiger partial charge on any atom is -0.116 e. The Bertz CT molecular complexity index is 249. The molecule has 0 saturated carbocycles. The van der Waals surface area contributed by atoms with Crippen LogP contribution >= 0.6 is 11.8 Å². The average Bonchev–Trinajstić information content (AvgIpc) is 2.06. The highest BCUT2D eigenvalue weighted by Crippen LogP contribution is 2.32. The first-order valence-corrected chi connectivity index (χ1v) is 4.83. The first kappa shape index (κ1) is 9.40. The van der Waals surface area contributed by atoms with Gasteiger partial charge in [-0.3, -0.25) is 0 Å². The lowest BCUT2D eigenvalue weighted by Crippen LogP contribution is -2.08. The first-order chi connectivity index (χ1) is 5.64. The summed E-state index contributed by atoms with van der Waals surface area (Å²) in [6.07, 6.45) is 1.98. The van der Waals surface area contributed by atoms with Crippen LogP contribution in [0.2, 0.25) is 0 Å². The van der Waals surface area contributed by atoms with Crippen molar-refractivity contribution in [3.05, 3.63) is 43.0 Å². The van der Waals surface area contributed by atoms with Crippen LogP contribution in [0, 0.1) is 0 Å². The van der Waals surface area contributed by atoms with Crippen molar-refractivity contribution in [3.8, 4) is 0 Å². The third-order valence-corrected chi connectivity index (χ3v) is 2.82. The van der Waals surface area contributed by atoms with Crippen molar-refractivity contribution in [1.29, 1.82) is 0 Å². The summed E-state index contributed by atoms with van der Waals surface area (Å²) in [5, 5.41) is 0. The molecule has 0 aliphatic rings. The molecule has 0 bridgehead atoms. The van der Waals surface area contributed by atoms with Crippen molar-refractivity contribution in [1.82, 2.24) is 0 Å². The van der Waals surface area contributed by atoms with Crippen LogP contribution < -0.4 is 0 Å². The fraction of sp³-hybridized carbons (Fsp3) is 0.273. The predicted molar refractivity (Wildman–Crippen MR) is 56.6 cm³/mol. The van der Waals surface area contributed by atoms with Gasteiger partial charge in [-0.2, -0.15) is 0 Å². The molecule has 0 N–H and O–H groups in total. The van der Waals surface area contributed by atoms with Crippen LogP contribution in [0.1, 0.15) is 13.8 Å². The van der Waals surface area contributed by atoms with Crippen LogP contribution in [0.25, 0.3) is 0 Å². The summed E-state index contributed by atoms with van der Waals surface area (Å²) in [5.41, 5.74) is 0. The van der Waals surface area contributed by atoms with Crippen LogP contribution in [0.4, 0.5) is 0 Å². The summed E-state index contributed by atoms with van der Waals surface area (Å²) in [5.74, 6) is 0. The Morgan fingerprint density at radius 1 is 1.25 bits per heavy atom. The fourth-order valence-electron chi connectivity index (χ4n) is 0.834. The topological polar surface area (TPSA) is 0 Å². The molecule has 1 rings (SSSR count). The molecule has 0 spiro atoms. The van der Waals surface area contributed by atoms with E-state index >= 15 is 0 Å². The van der Waals surface area contributed by atoms with Gasteiger partial charge in [0.05, 0.1) is 0 Å². The second-order valence-corrected chi connectivity index (χ2v) is 4.95. The molecule has 0 aromatic heterocycles. The Kier molecular flexibility index (Phi) is 2.99. The van der Waals surface area contributed by atoms with Gasteiger partial charge in [0.15, 0.2) is 0 Å². The highest BCUT2D eigenvalue weighted by atomic mass is 32.2. The van der Waals surface area contributed by atoms with Gasteiger partial charge < -0.3 is 0 Å². The molecule has 0 atom stereocenters. The SMILES string of the molecule is C=CC(C)(C)Sc1ccccc1. The number of thioether (sulfide) groups is 1. The quantitative estimate of drug-likeness (QED) is 0.502. The van der Waals surface area contributed by atoms with E-state index in [0.717, 1.165) is 0 Å². The number of rotatable bonds is 3.